The predicted molar refractivity (Wildman–Crippen MR) is 202 cm³/mol. The number of nitrogens with zero attached hydrogens (tertiary/aromatic N) is 1. The molecule has 0 amide bonds. The molecular weight excluding hydrogens is 610 g/mol. The molecule has 0 radical (unpaired) electrons. The summed E-state index contributed by atoms with van der Waals surface area (Å²) in [4.78, 5) is 5.42. The van der Waals surface area contributed by atoms with Gasteiger partial charge >= 0.3 is 0 Å². The molecule has 0 aliphatic heterocycles. The Morgan fingerprint density at radius 3 is 1.83 bits per heavy atom. The first-order valence-electron chi connectivity index (χ1n) is 15.7. The van der Waals surface area contributed by atoms with Gasteiger partial charge in [0.1, 0.15) is 0 Å². The van der Waals surface area contributed by atoms with E-state index in [4.69, 9.17) is 4.98 Å². The Hall–Kier alpha value is -5.34. The second-order valence-electron chi connectivity index (χ2n) is 11.9. The molecule has 2 heterocycles. The van der Waals surface area contributed by atoms with E-state index in [1.54, 1.807) is 0 Å². The van der Waals surface area contributed by atoms with Gasteiger partial charge in [0.05, 0.1) is 15.9 Å². The van der Waals surface area contributed by atoms with Gasteiger partial charge in [0, 0.05) is 47.7 Å². The highest BCUT2D eigenvalue weighted by molar-refractivity contribution is 7.85. The number of fused-ring (bicyclic) bond motifs is 7. The van der Waals surface area contributed by atoms with Gasteiger partial charge in [-0.2, -0.15) is 0 Å². The Bertz CT molecular complexity index is 2600. The van der Waals surface area contributed by atoms with Gasteiger partial charge in [-0.25, -0.2) is 4.98 Å². The van der Waals surface area contributed by atoms with Gasteiger partial charge in [0.2, 0.25) is 0 Å². The van der Waals surface area contributed by atoms with E-state index in [0.717, 1.165) is 49.2 Å². The van der Waals surface area contributed by atoms with Crippen molar-refractivity contribution in [3.63, 3.8) is 0 Å². The molecule has 47 heavy (non-hydrogen) atoms. The number of hydrogen-bond donors (Lipinski definition) is 0. The minimum absolute atomic E-state index is 0.824. The number of benzene rings is 7. The van der Waals surface area contributed by atoms with Gasteiger partial charge in [-0.15, -0.1) is 11.3 Å². The van der Waals surface area contributed by atoms with Crippen LogP contribution in [0.3, 0.4) is 0 Å². The van der Waals surface area contributed by atoms with E-state index in [0.29, 0.717) is 0 Å². The smallest absolute Gasteiger partial charge is 0.171 e. The Kier molecular flexibility index (Phi) is 6.64. The summed E-state index contributed by atoms with van der Waals surface area (Å²) >= 11 is 1.81. The van der Waals surface area contributed by atoms with Gasteiger partial charge in [-0.3, -0.25) is 0 Å². The SMILES string of the molecule is O=P(c1ccccc1)(c1ccccc1)c1ccc(-c2cccc(-c3nc4c5ccccc5ccc4c4c3sc3ccccc34)c2)cc1. The standard InChI is InChI=1S/C43H28NOPS/c45-46(33-15-3-1-4-16-33,34-17-5-2-6-18-34)35-25-22-29(23-26-35)31-13-11-14-32(28-31)41-43-40(37-20-9-10-21-39(37)47-43)38-27-24-30-12-7-8-19-36(30)42(38)44-41/h1-28H. The first-order chi connectivity index (χ1) is 23.2. The fourth-order valence-corrected chi connectivity index (χ4v) is 10.7. The molecule has 0 fully saturated rings. The molecular formula is C43H28NOPS. The van der Waals surface area contributed by atoms with Crippen LogP contribution in [0.2, 0.25) is 0 Å². The van der Waals surface area contributed by atoms with E-state index >= 15 is 0 Å². The third-order valence-corrected chi connectivity index (χ3v) is 13.4. The van der Waals surface area contributed by atoms with Gasteiger partial charge in [0.25, 0.3) is 0 Å². The highest BCUT2D eigenvalue weighted by Crippen LogP contribution is 2.45. The summed E-state index contributed by atoms with van der Waals surface area (Å²) in [5.74, 6) is 0. The van der Waals surface area contributed by atoms with Crippen LogP contribution < -0.4 is 15.9 Å². The molecule has 7 aromatic carbocycles. The molecule has 0 spiro atoms. The van der Waals surface area contributed by atoms with Crippen LogP contribution in [-0.2, 0) is 4.57 Å². The fraction of sp³-hybridized carbons (Fsp3) is 0. The largest absolute Gasteiger partial charge is 0.309 e. The zero-order valence-corrected chi connectivity index (χ0v) is 27.1. The van der Waals surface area contributed by atoms with Crippen LogP contribution in [0.4, 0.5) is 0 Å². The van der Waals surface area contributed by atoms with Crippen molar-refractivity contribution in [3.8, 4) is 22.4 Å². The van der Waals surface area contributed by atoms with Gasteiger partial charge in [-0.05, 0) is 28.6 Å². The molecule has 2 aromatic heterocycles. The van der Waals surface area contributed by atoms with Crippen LogP contribution in [0.15, 0.2) is 170 Å². The maximum Gasteiger partial charge on any atom is 0.171 e. The van der Waals surface area contributed by atoms with Gasteiger partial charge < -0.3 is 4.57 Å². The molecule has 0 atom stereocenters. The summed E-state index contributed by atoms with van der Waals surface area (Å²) in [5, 5.41) is 8.57. The van der Waals surface area contributed by atoms with Crippen LogP contribution in [0.25, 0.3) is 64.2 Å². The Balaban J connectivity index is 1.20. The quantitative estimate of drug-likeness (QED) is 0.139. The lowest BCUT2D eigenvalue weighted by atomic mass is 9.98. The summed E-state index contributed by atoms with van der Waals surface area (Å²) in [6.45, 7) is 0. The van der Waals surface area contributed by atoms with Crippen molar-refractivity contribution in [2.75, 3.05) is 0 Å². The second-order valence-corrected chi connectivity index (χ2v) is 15.7. The first-order valence-corrected chi connectivity index (χ1v) is 18.3. The molecule has 9 rings (SSSR count). The van der Waals surface area contributed by atoms with E-state index < -0.39 is 7.14 Å². The molecule has 2 nitrogen and oxygen atoms in total. The fourth-order valence-electron chi connectivity index (χ4n) is 6.85. The van der Waals surface area contributed by atoms with Crippen LogP contribution >= 0.6 is 18.5 Å². The van der Waals surface area contributed by atoms with Gasteiger partial charge in [0.15, 0.2) is 7.14 Å². The Labute approximate surface area is 277 Å². The third kappa shape index (κ3) is 4.54. The van der Waals surface area contributed by atoms with E-state index in [1.165, 1.54) is 30.9 Å². The van der Waals surface area contributed by atoms with Crippen molar-refractivity contribution in [2.45, 2.75) is 0 Å². The first kappa shape index (κ1) is 27.9. The van der Waals surface area contributed by atoms with Crippen molar-refractivity contribution in [2.24, 2.45) is 0 Å². The van der Waals surface area contributed by atoms with Crippen LogP contribution in [-0.4, -0.2) is 4.98 Å². The molecule has 0 N–H and O–H groups in total. The van der Waals surface area contributed by atoms with Crippen LogP contribution in [0.5, 0.6) is 0 Å². The molecule has 0 bridgehead atoms. The van der Waals surface area contributed by atoms with E-state index in [2.05, 4.69) is 97.1 Å². The van der Waals surface area contributed by atoms with E-state index in [9.17, 15) is 4.57 Å². The second kappa shape index (κ2) is 11.2. The van der Waals surface area contributed by atoms with Crippen molar-refractivity contribution < 1.29 is 4.57 Å². The zero-order chi connectivity index (χ0) is 31.4. The van der Waals surface area contributed by atoms with Crippen molar-refractivity contribution in [3.05, 3.63) is 170 Å². The highest BCUT2D eigenvalue weighted by atomic mass is 32.1. The molecule has 0 aliphatic rings. The number of thiophene rings is 1. The van der Waals surface area contributed by atoms with Crippen molar-refractivity contribution in [1.82, 2.24) is 4.98 Å². The number of rotatable bonds is 5. The Morgan fingerprint density at radius 2 is 1.09 bits per heavy atom. The van der Waals surface area contributed by atoms with Crippen LogP contribution in [0, 0.1) is 0 Å². The molecule has 0 aliphatic carbocycles. The number of aromatic nitrogens is 1. The monoisotopic (exact) mass is 637 g/mol. The van der Waals surface area contributed by atoms with E-state index in [1.807, 2.05) is 84.1 Å². The summed E-state index contributed by atoms with van der Waals surface area (Å²) in [5.41, 5.74) is 5.28. The number of pyridine rings is 1. The Morgan fingerprint density at radius 1 is 0.468 bits per heavy atom. The topological polar surface area (TPSA) is 30.0 Å². The van der Waals surface area contributed by atoms with Crippen molar-refractivity contribution >= 4 is 76.2 Å². The molecule has 0 unspecified atom stereocenters. The minimum atomic E-state index is -3.04. The predicted octanol–water partition coefficient (Wildman–Crippen LogP) is 10.7. The third-order valence-electron chi connectivity index (χ3n) is 9.14. The summed E-state index contributed by atoms with van der Waals surface area (Å²) in [6.07, 6.45) is 0. The van der Waals surface area contributed by atoms with E-state index in [-0.39, 0.29) is 0 Å². The molecule has 0 saturated carbocycles. The summed E-state index contributed by atoms with van der Waals surface area (Å²) < 4.78 is 17.4. The van der Waals surface area contributed by atoms with Gasteiger partial charge in [-0.1, -0.05) is 158 Å². The zero-order valence-electron chi connectivity index (χ0n) is 25.4. The molecule has 4 heteroatoms. The summed E-state index contributed by atoms with van der Waals surface area (Å²) in [7, 11) is -3.04. The average Bonchev–Trinajstić information content (AvgIpc) is 3.55. The highest BCUT2D eigenvalue weighted by Gasteiger charge is 2.29. The number of hydrogen-bond acceptors (Lipinski definition) is 3. The maximum atomic E-state index is 14.9. The minimum Gasteiger partial charge on any atom is -0.309 e. The molecule has 0 saturated heterocycles. The lowest BCUT2D eigenvalue weighted by Crippen LogP contribution is -2.24. The summed E-state index contributed by atoms with van der Waals surface area (Å²) in [6, 6.07) is 58.2. The lowest BCUT2D eigenvalue weighted by molar-refractivity contribution is 0.592. The molecule has 222 valence electrons. The maximum absolute atomic E-state index is 14.9. The van der Waals surface area contributed by atoms with Crippen molar-refractivity contribution in [1.29, 1.82) is 0 Å². The molecule has 9 aromatic rings. The van der Waals surface area contributed by atoms with Crippen LogP contribution in [0.1, 0.15) is 0 Å². The average molecular weight is 638 g/mol. The normalized spacial score (nSPS) is 11.9. The lowest BCUT2D eigenvalue weighted by Gasteiger charge is -2.20.